The van der Waals surface area contributed by atoms with E-state index in [9.17, 15) is 14.4 Å². The van der Waals surface area contributed by atoms with Crippen molar-refractivity contribution in [3.05, 3.63) is 64.8 Å². The highest BCUT2D eigenvalue weighted by Crippen LogP contribution is 2.23. The zero-order valence-corrected chi connectivity index (χ0v) is 16.7. The number of hydrogen-bond acceptors (Lipinski definition) is 5. The van der Waals surface area contributed by atoms with Crippen molar-refractivity contribution in [2.75, 3.05) is 18.4 Å². The van der Waals surface area contributed by atoms with Crippen LogP contribution in [0.25, 0.3) is 11.0 Å². The molecule has 30 heavy (non-hydrogen) atoms. The zero-order valence-electron chi connectivity index (χ0n) is 16.7. The van der Waals surface area contributed by atoms with Gasteiger partial charge in [0.25, 0.3) is 5.91 Å². The number of benzene rings is 1. The molecule has 2 amide bonds. The number of likely N-dealkylation sites (tertiary alicyclic amines) is 1. The van der Waals surface area contributed by atoms with E-state index in [0.717, 1.165) is 23.9 Å². The quantitative estimate of drug-likeness (QED) is 0.718. The highest BCUT2D eigenvalue weighted by Gasteiger charge is 2.25. The van der Waals surface area contributed by atoms with Gasteiger partial charge in [0.15, 0.2) is 0 Å². The molecule has 8 heteroatoms. The van der Waals surface area contributed by atoms with Crippen molar-refractivity contribution in [3.8, 4) is 0 Å². The molecule has 0 unspecified atom stereocenters. The topological polar surface area (TPSA) is 97.2 Å². The lowest BCUT2D eigenvalue weighted by atomic mass is 9.93. The lowest BCUT2D eigenvalue weighted by Gasteiger charge is -2.31. The molecule has 0 aliphatic carbocycles. The molecule has 1 saturated heterocycles. The number of amides is 2. The monoisotopic (exact) mass is 405 g/mol. The van der Waals surface area contributed by atoms with Crippen LogP contribution >= 0.6 is 0 Å². The van der Waals surface area contributed by atoms with Crippen LogP contribution in [0.4, 0.5) is 5.69 Å². The van der Waals surface area contributed by atoms with Crippen LogP contribution in [0, 0.1) is 5.92 Å². The van der Waals surface area contributed by atoms with Gasteiger partial charge in [0.2, 0.25) is 11.5 Å². The highest BCUT2D eigenvalue weighted by molar-refractivity contribution is 5.94. The van der Waals surface area contributed by atoms with Gasteiger partial charge in [0.1, 0.15) is 0 Å². The maximum atomic E-state index is 12.7. The van der Waals surface area contributed by atoms with Gasteiger partial charge < -0.3 is 14.8 Å². The molecule has 1 aromatic carbocycles. The molecule has 154 valence electrons. The summed E-state index contributed by atoms with van der Waals surface area (Å²) in [6, 6.07) is 8.44. The maximum absolute atomic E-state index is 12.7. The van der Waals surface area contributed by atoms with Gasteiger partial charge in [-0.05, 0) is 43.0 Å². The maximum Gasteiger partial charge on any atom is 0.255 e. The zero-order chi connectivity index (χ0) is 21.1. The molecule has 0 saturated carbocycles. The summed E-state index contributed by atoms with van der Waals surface area (Å²) in [6.07, 6.45) is 6.79. The Kier molecular flexibility index (Phi) is 5.56. The summed E-state index contributed by atoms with van der Waals surface area (Å²) in [4.78, 5) is 46.9. The van der Waals surface area contributed by atoms with Gasteiger partial charge in [-0.25, -0.2) is 0 Å². The second-order valence-electron chi connectivity index (χ2n) is 7.61. The summed E-state index contributed by atoms with van der Waals surface area (Å²) in [6.45, 7) is 1.20. The molecule has 0 spiro atoms. The van der Waals surface area contributed by atoms with E-state index in [1.54, 1.807) is 36.6 Å². The third-order valence-corrected chi connectivity index (χ3v) is 5.46. The fraction of sp³-hybridized carbons (Fsp3) is 0.318. The van der Waals surface area contributed by atoms with Crippen LogP contribution in [0.1, 0.15) is 29.6 Å². The Morgan fingerprint density at radius 3 is 2.53 bits per heavy atom. The first-order valence-corrected chi connectivity index (χ1v) is 9.96. The molecule has 3 aromatic rings. The molecule has 1 N–H and O–H groups in total. The summed E-state index contributed by atoms with van der Waals surface area (Å²) < 4.78 is 1.41. The Bertz CT molecular complexity index is 1150. The number of piperidine rings is 1. The molecule has 1 aliphatic heterocycles. The number of carbonyl (C=O) groups excluding carboxylic acids is 2. The van der Waals surface area contributed by atoms with E-state index in [1.807, 2.05) is 18.2 Å². The first-order chi connectivity index (χ1) is 14.5. The molecule has 4 rings (SSSR count). The summed E-state index contributed by atoms with van der Waals surface area (Å²) in [5.41, 5.74) is 2.59. The van der Waals surface area contributed by atoms with Crippen molar-refractivity contribution in [1.82, 2.24) is 19.4 Å². The molecule has 1 fully saturated rings. The Morgan fingerprint density at radius 1 is 1.07 bits per heavy atom. The first kappa shape index (κ1) is 19.8. The van der Waals surface area contributed by atoms with E-state index in [1.165, 1.54) is 10.6 Å². The fourth-order valence-electron chi connectivity index (χ4n) is 3.76. The highest BCUT2D eigenvalue weighted by atomic mass is 16.2. The number of nitrogens with zero attached hydrogens (tertiary/aromatic N) is 4. The number of nitrogens with one attached hydrogen (secondary N) is 1. The lowest BCUT2D eigenvalue weighted by molar-refractivity contribution is -0.117. The Morgan fingerprint density at radius 2 is 1.80 bits per heavy atom. The van der Waals surface area contributed by atoms with Crippen LogP contribution in [0.15, 0.2) is 53.7 Å². The van der Waals surface area contributed by atoms with Gasteiger partial charge in [0.05, 0.1) is 16.6 Å². The third-order valence-electron chi connectivity index (χ3n) is 5.46. The average Bonchev–Trinajstić information content (AvgIpc) is 2.75. The predicted molar refractivity (Wildman–Crippen MR) is 113 cm³/mol. The van der Waals surface area contributed by atoms with Gasteiger partial charge in [0, 0.05) is 56.9 Å². The molecule has 2 aromatic heterocycles. The normalized spacial score (nSPS) is 14.6. The van der Waals surface area contributed by atoms with Crippen molar-refractivity contribution in [1.29, 1.82) is 0 Å². The van der Waals surface area contributed by atoms with Crippen molar-refractivity contribution >= 4 is 28.5 Å². The van der Waals surface area contributed by atoms with E-state index in [4.69, 9.17) is 0 Å². The average molecular weight is 405 g/mol. The van der Waals surface area contributed by atoms with Crippen LogP contribution in [0.3, 0.4) is 0 Å². The number of hydrogen-bond donors (Lipinski definition) is 1. The van der Waals surface area contributed by atoms with Crippen molar-refractivity contribution < 1.29 is 9.59 Å². The summed E-state index contributed by atoms with van der Waals surface area (Å²) >= 11 is 0. The number of rotatable bonds is 4. The first-order valence-electron chi connectivity index (χ1n) is 9.96. The molecule has 3 heterocycles. The van der Waals surface area contributed by atoms with Crippen LogP contribution in [-0.2, 0) is 11.8 Å². The fourth-order valence-corrected chi connectivity index (χ4v) is 3.76. The van der Waals surface area contributed by atoms with Gasteiger partial charge in [-0.2, -0.15) is 0 Å². The summed E-state index contributed by atoms with van der Waals surface area (Å²) in [7, 11) is 1.63. The van der Waals surface area contributed by atoms with Gasteiger partial charge >= 0.3 is 0 Å². The second-order valence-corrected chi connectivity index (χ2v) is 7.61. The van der Waals surface area contributed by atoms with E-state index in [2.05, 4.69) is 15.3 Å². The minimum atomic E-state index is -0.144. The van der Waals surface area contributed by atoms with Crippen molar-refractivity contribution in [2.45, 2.75) is 19.3 Å². The predicted octanol–water partition coefficient (Wildman–Crippen LogP) is 2.21. The smallest absolute Gasteiger partial charge is 0.255 e. The molecule has 0 radical (unpaired) electrons. The molecular weight excluding hydrogens is 382 g/mol. The van der Waals surface area contributed by atoms with Crippen LogP contribution in [0.2, 0.25) is 0 Å². The van der Waals surface area contributed by atoms with Crippen LogP contribution in [0.5, 0.6) is 0 Å². The van der Waals surface area contributed by atoms with Crippen LogP contribution in [-0.4, -0.2) is 44.3 Å². The molecule has 0 bridgehead atoms. The van der Waals surface area contributed by atoms with Crippen LogP contribution < -0.4 is 10.9 Å². The molecule has 1 aliphatic rings. The third kappa shape index (κ3) is 4.37. The van der Waals surface area contributed by atoms with E-state index in [-0.39, 0.29) is 23.3 Å². The minimum absolute atomic E-state index is 0.0407. The lowest BCUT2D eigenvalue weighted by Crippen LogP contribution is -2.39. The van der Waals surface area contributed by atoms with E-state index >= 15 is 0 Å². The molecule has 0 atom stereocenters. The SMILES string of the molecule is Cn1cc(C(=O)N2CCC(CC(=O)Nc3ccc4nccnc4c3)CC2)ccc1=O. The van der Waals surface area contributed by atoms with E-state index < -0.39 is 0 Å². The van der Waals surface area contributed by atoms with Crippen molar-refractivity contribution in [2.24, 2.45) is 13.0 Å². The van der Waals surface area contributed by atoms with Gasteiger partial charge in [-0.3, -0.25) is 24.4 Å². The standard InChI is InChI=1S/C22H23N5O3/c1-26-14-16(2-5-21(26)29)22(30)27-10-6-15(7-11-27)12-20(28)25-17-3-4-18-19(13-17)24-9-8-23-18/h2-5,8-9,13-15H,6-7,10-12H2,1H3,(H,25,28). The Hall–Kier alpha value is -3.55. The number of aryl methyl sites for hydroxylation is 1. The summed E-state index contributed by atoms with van der Waals surface area (Å²) in [5.74, 6) is 0.112. The number of carbonyl (C=O) groups is 2. The molecule has 8 nitrogen and oxygen atoms in total. The second kappa shape index (κ2) is 8.44. The van der Waals surface area contributed by atoms with Crippen molar-refractivity contribution in [3.63, 3.8) is 0 Å². The van der Waals surface area contributed by atoms with E-state index in [0.29, 0.717) is 30.8 Å². The Balaban J connectivity index is 1.30. The van der Waals surface area contributed by atoms with Gasteiger partial charge in [-0.15, -0.1) is 0 Å². The number of anilines is 1. The number of aromatic nitrogens is 3. The Labute approximate surface area is 173 Å². The largest absolute Gasteiger partial charge is 0.339 e. The molecular formula is C22H23N5O3. The summed E-state index contributed by atoms with van der Waals surface area (Å²) in [5, 5.41) is 2.93. The van der Waals surface area contributed by atoms with Gasteiger partial charge in [-0.1, -0.05) is 0 Å². The minimum Gasteiger partial charge on any atom is -0.339 e. The number of fused-ring (bicyclic) bond motifs is 1. The number of pyridine rings is 1.